The lowest BCUT2D eigenvalue weighted by Gasteiger charge is -2.19. The Balaban J connectivity index is 1.75. The molecule has 7 heteroatoms. The number of aromatic nitrogens is 4. The van der Waals surface area contributed by atoms with Crippen molar-refractivity contribution in [3.8, 4) is 0 Å². The molecule has 2 aromatic heterocycles. The molecular formula is C16H17N5OS. The molecule has 1 aromatic carbocycles. The molecule has 3 rings (SSSR count). The van der Waals surface area contributed by atoms with Crippen LogP contribution in [0.4, 0.5) is 0 Å². The van der Waals surface area contributed by atoms with Crippen molar-refractivity contribution in [3.63, 3.8) is 0 Å². The third-order valence-corrected chi connectivity index (χ3v) is 4.67. The van der Waals surface area contributed by atoms with E-state index in [9.17, 15) is 4.79 Å². The molecule has 6 nitrogen and oxygen atoms in total. The molecule has 0 aliphatic heterocycles. The van der Waals surface area contributed by atoms with E-state index in [4.69, 9.17) is 0 Å². The van der Waals surface area contributed by atoms with Crippen molar-refractivity contribution in [2.45, 2.75) is 25.9 Å². The van der Waals surface area contributed by atoms with E-state index < -0.39 is 0 Å². The number of benzene rings is 1. The van der Waals surface area contributed by atoms with Gasteiger partial charge in [-0.2, -0.15) is 0 Å². The quantitative estimate of drug-likeness (QED) is 0.753. The number of hydrogen-bond acceptors (Lipinski definition) is 5. The van der Waals surface area contributed by atoms with E-state index in [0.717, 1.165) is 6.42 Å². The molecule has 0 saturated carbocycles. The van der Waals surface area contributed by atoms with Crippen LogP contribution in [0.3, 0.4) is 0 Å². The van der Waals surface area contributed by atoms with Crippen LogP contribution < -0.4 is 5.32 Å². The number of rotatable bonds is 6. The maximum Gasteiger partial charge on any atom is 0.242 e. The normalized spacial score (nSPS) is 12.0. The molecule has 2 heterocycles. The molecule has 0 bridgehead atoms. The Morgan fingerprint density at radius 1 is 1.30 bits per heavy atom. The Morgan fingerprint density at radius 3 is 2.78 bits per heavy atom. The predicted octanol–water partition coefficient (Wildman–Crippen LogP) is 2.14. The monoisotopic (exact) mass is 327 g/mol. The fourth-order valence-electron chi connectivity index (χ4n) is 2.44. The summed E-state index contributed by atoms with van der Waals surface area (Å²) >= 11 is 1.67. The minimum atomic E-state index is -0.106. The lowest BCUT2D eigenvalue weighted by atomic mass is 10.0. The molecule has 1 N–H and O–H groups in total. The number of tetrazole rings is 1. The van der Waals surface area contributed by atoms with Crippen molar-refractivity contribution in [1.29, 1.82) is 0 Å². The Bertz CT molecular complexity index is 754. The molecule has 0 saturated heterocycles. The first-order valence-electron chi connectivity index (χ1n) is 7.30. The standard InChI is InChI=1S/C16H17N5OS/c1-12-7-8-23-16(12)14(9-13-5-3-2-4-6-13)18-15(22)10-21-11-17-19-20-21/h2-8,11,14H,9-10H2,1H3,(H,18,22)/t14-/m0/s1. The van der Waals surface area contributed by atoms with Gasteiger partial charge in [0.25, 0.3) is 0 Å². The molecule has 3 aromatic rings. The summed E-state index contributed by atoms with van der Waals surface area (Å²) in [5.41, 5.74) is 2.38. The number of amides is 1. The van der Waals surface area contributed by atoms with Gasteiger partial charge in [0, 0.05) is 4.88 Å². The zero-order valence-corrected chi connectivity index (χ0v) is 13.5. The van der Waals surface area contributed by atoms with Crippen LogP contribution in [-0.4, -0.2) is 26.1 Å². The fraction of sp³-hybridized carbons (Fsp3) is 0.250. The van der Waals surface area contributed by atoms with Gasteiger partial charge < -0.3 is 5.32 Å². The van der Waals surface area contributed by atoms with Gasteiger partial charge in [0.2, 0.25) is 5.91 Å². The first-order valence-corrected chi connectivity index (χ1v) is 8.18. The summed E-state index contributed by atoms with van der Waals surface area (Å²) in [5.74, 6) is -0.106. The van der Waals surface area contributed by atoms with Gasteiger partial charge in [-0.15, -0.1) is 16.4 Å². The van der Waals surface area contributed by atoms with Crippen molar-refractivity contribution in [2.24, 2.45) is 0 Å². The average Bonchev–Trinajstić information content (AvgIpc) is 3.19. The number of nitrogens with one attached hydrogen (secondary N) is 1. The highest BCUT2D eigenvalue weighted by Crippen LogP contribution is 2.27. The van der Waals surface area contributed by atoms with Crippen LogP contribution in [0.2, 0.25) is 0 Å². The lowest BCUT2D eigenvalue weighted by Crippen LogP contribution is -2.32. The van der Waals surface area contributed by atoms with Gasteiger partial charge in [-0.05, 0) is 46.3 Å². The van der Waals surface area contributed by atoms with Crippen LogP contribution in [0.1, 0.15) is 22.0 Å². The summed E-state index contributed by atoms with van der Waals surface area (Å²) in [5, 5.41) is 16.0. The van der Waals surface area contributed by atoms with Crippen LogP contribution in [0.15, 0.2) is 48.1 Å². The van der Waals surface area contributed by atoms with Crippen molar-refractivity contribution < 1.29 is 4.79 Å². The summed E-state index contributed by atoms with van der Waals surface area (Å²) in [6.45, 7) is 2.18. The van der Waals surface area contributed by atoms with E-state index in [2.05, 4.69) is 51.3 Å². The molecule has 0 unspecified atom stereocenters. The second kappa shape index (κ2) is 7.15. The van der Waals surface area contributed by atoms with Gasteiger partial charge in [0.15, 0.2) is 0 Å². The topological polar surface area (TPSA) is 72.7 Å². The molecule has 1 atom stereocenters. The van der Waals surface area contributed by atoms with Gasteiger partial charge in [-0.25, -0.2) is 4.68 Å². The number of nitrogens with zero attached hydrogens (tertiary/aromatic N) is 4. The molecule has 0 aliphatic rings. The summed E-state index contributed by atoms with van der Waals surface area (Å²) in [6.07, 6.45) is 2.19. The SMILES string of the molecule is Cc1ccsc1[C@H](Cc1ccccc1)NC(=O)Cn1cnnn1. The molecular weight excluding hydrogens is 310 g/mol. The summed E-state index contributed by atoms with van der Waals surface area (Å²) < 4.78 is 1.41. The molecule has 0 fully saturated rings. The molecule has 0 aliphatic carbocycles. The zero-order valence-electron chi connectivity index (χ0n) is 12.7. The average molecular weight is 327 g/mol. The fourth-order valence-corrected chi connectivity index (χ4v) is 3.42. The third kappa shape index (κ3) is 4.01. The number of aryl methyl sites for hydroxylation is 1. The van der Waals surface area contributed by atoms with Crippen LogP contribution >= 0.6 is 11.3 Å². The van der Waals surface area contributed by atoms with E-state index >= 15 is 0 Å². The lowest BCUT2D eigenvalue weighted by molar-refractivity contribution is -0.122. The minimum absolute atomic E-state index is 0.0543. The van der Waals surface area contributed by atoms with E-state index in [0.29, 0.717) is 0 Å². The van der Waals surface area contributed by atoms with Crippen molar-refractivity contribution in [1.82, 2.24) is 25.5 Å². The maximum absolute atomic E-state index is 12.3. The molecule has 23 heavy (non-hydrogen) atoms. The van der Waals surface area contributed by atoms with Crippen molar-refractivity contribution >= 4 is 17.2 Å². The Morgan fingerprint density at radius 2 is 2.13 bits per heavy atom. The van der Waals surface area contributed by atoms with Gasteiger partial charge in [-0.3, -0.25) is 4.79 Å². The number of thiophene rings is 1. The Hall–Kier alpha value is -2.54. The van der Waals surface area contributed by atoms with Gasteiger partial charge in [-0.1, -0.05) is 30.3 Å². The zero-order chi connectivity index (χ0) is 16.1. The highest BCUT2D eigenvalue weighted by molar-refractivity contribution is 7.10. The summed E-state index contributed by atoms with van der Waals surface area (Å²) in [7, 11) is 0. The Labute approximate surface area is 138 Å². The smallest absolute Gasteiger partial charge is 0.242 e. The van der Waals surface area contributed by atoms with Crippen LogP contribution in [0.5, 0.6) is 0 Å². The highest BCUT2D eigenvalue weighted by atomic mass is 32.1. The molecule has 118 valence electrons. The first-order chi connectivity index (χ1) is 11.2. The maximum atomic E-state index is 12.3. The first kappa shape index (κ1) is 15.4. The van der Waals surface area contributed by atoms with Crippen LogP contribution in [-0.2, 0) is 17.8 Å². The van der Waals surface area contributed by atoms with Crippen LogP contribution in [0.25, 0.3) is 0 Å². The second-order valence-corrected chi connectivity index (χ2v) is 6.23. The number of hydrogen-bond donors (Lipinski definition) is 1. The molecule has 0 radical (unpaired) electrons. The largest absolute Gasteiger partial charge is 0.347 e. The van der Waals surface area contributed by atoms with Gasteiger partial charge >= 0.3 is 0 Å². The van der Waals surface area contributed by atoms with E-state index in [-0.39, 0.29) is 18.5 Å². The molecule has 1 amide bonds. The van der Waals surface area contributed by atoms with Crippen molar-refractivity contribution in [3.05, 3.63) is 64.1 Å². The van der Waals surface area contributed by atoms with Crippen LogP contribution in [0, 0.1) is 6.92 Å². The molecule has 0 spiro atoms. The van der Waals surface area contributed by atoms with Gasteiger partial charge in [0.05, 0.1) is 6.04 Å². The minimum Gasteiger partial charge on any atom is -0.347 e. The predicted molar refractivity (Wildman–Crippen MR) is 87.9 cm³/mol. The van der Waals surface area contributed by atoms with E-state index in [1.54, 1.807) is 11.3 Å². The highest BCUT2D eigenvalue weighted by Gasteiger charge is 2.18. The second-order valence-electron chi connectivity index (χ2n) is 5.29. The Kier molecular flexibility index (Phi) is 4.77. The third-order valence-electron chi connectivity index (χ3n) is 3.53. The summed E-state index contributed by atoms with van der Waals surface area (Å²) in [6, 6.07) is 12.2. The van der Waals surface area contributed by atoms with E-state index in [1.807, 2.05) is 18.2 Å². The number of carbonyl (C=O) groups excluding carboxylic acids is 1. The van der Waals surface area contributed by atoms with Crippen molar-refractivity contribution in [2.75, 3.05) is 0 Å². The van der Waals surface area contributed by atoms with E-state index in [1.165, 1.54) is 27.0 Å². The van der Waals surface area contributed by atoms with Gasteiger partial charge in [0.1, 0.15) is 12.9 Å². The summed E-state index contributed by atoms with van der Waals surface area (Å²) in [4.78, 5) is 13.5. The number of carbonyl (C=O) groups is 1.